The Labute approximate surface area is 127 Å². The van der Waals surface area contributed by atoms with E-state index >= 15 is 0 Å². The molecular weight excluding hydrogens is 283 g/mol. The van der Waals surface area contributed by atoms with E-state index in [4.69, 9.17) is 0 Å². The second-order valence-corrected chi connectivity index (χ2v) is 5.84. The van der Waals surface area contributed by atoms with Crippen LogP contribution in [0.15, 0.2) is 52.3 Å². The SMILES string of the molecule is BNC(=O)c1ccccc1Sc1ccc2c(c1)NC(=O)C2. The molecule has 0 aliphatic carbocycles. The van der Waals surface area contributed by atoms with Gasteiger partial charge in [-0.15, -0.1) is 0 Å². The average molecular weight is 296 g/mol. The Kier molecular flexibility index (Phi) is 3.71. The van der Waals surface area contributed by atoms with Crippen molar-refractivity contribution in [3.8, 4) is 0 Å². The van der Waals surface area contributed by atoms with Crippen LogP contribution in [0.2, 0.25) is 0 Å². The number of fused-ring (bicyclic) bond motifs is 1. The summed E-state index contributed by atoms with van der Waals surface area (Å²) in [6, 6.07) is 13.4. The molecule has 21 heavy (non-hydrogen) atoms. The number of nitrogens with one attached hydrogen (secondary N) is 2. The summed E-state index contributed by atoms with van der Waals surface area (Å²) in [5.41, 5.74) is 2.53. The quantitative estimate of drug-likeness (QED) is 0.846. The van der Waals surface area contributed by atoms with Crippen LogP contribution < -0.4 is 10.5 Å². The maximum atomic E-state index is 11.9. The zero-order valence-corrected chi connectivity index (χ0v) is 12.3. The molecule has 0 fully saturated rings. The van der Waals surface area contributed by atoms with Crippen molar-refractivity contribution in [2.24, 2.45) is 0 Å². The first kappa shape index (κ1) is 13.8. The molecule has 0 saturated carbocycles. The predicted octanol–water partition coefficient (Wildman–Crippen LogP) is 1.61. The Morgan fingerprint density at radius 3 is 2.86 bits per heavy atom. The van der Waals surface area contributed by atoms with Crippen LogP contribution >= 0.6 is 11.8 Å². The van der Waals surface area contributed by atoms with E-state index in [0.29, 0.717) is 12.0 Å². The van der Waals surface area contributed by atoms with Crippen LogP contribution in [0.3, 0.4) is 0 Å². The fraction of sp³-hybridized carbons (Fsp3) is 0.0667. The molecule has 104 valence electrons. The Hall–Kier alpha value is -2.21. The van der Waals surface area contributed by atoms with Crippen LogP contribution in [0.25, 0.3) is 0 Å². The van der Waals surface area contributed by atoms with E-state index in [0.717, 1.165) is 21.0 Å². The highest BCUT2D eigenvalue weighted by Gasteiger charge is 2.18. The minimum atomic E-state index is -0.104. The first-order valence-corrected chi connectivity index (χ1v) is 7.41. The average Bonchev–Trinajstić information content (AvgIpc) is 2.86. The Bertz CT molecular complexity index is 733. The number of rotatable bonds is 3. The van der Waals surface area contributed by atoms with Crippen LogP contribution in [0, 0.1) is 0 Å². The molecule has 6 heteroatoms. The van der Waals surface area contributed by atoms with E-state index in [1.165, 1.54) is 11.8 Å². The maximum Gasteiger partial charge on any atom is 0.240 e. The van der Waals surface area contributed by atoms with Gasteiger partial charge in [0.1, 0.15) is 0 Å². The lowest BCUT2D eigenvalue weighted by Crippen LogP contribution is -2.20. The van der Waals surface area contributed by atoms with Gasteiger partial charge in [-0.3, -0.25) is 9.59 Å². The van der Waals surface area contributed by atoms with Gasteiger partial charge in [-0.2, -0.15) is 0 Å². The molecule has 1 aliphatic heterocycles. The standard InChI is InChI=1S/C15H13BN2O2S/c16-18-15(20)11-3-1-2-4-13(11)21-10-6-5-9-7-14(19)17-12(9)8-10/h1-6,8H,7,16H2,(H,17,19)(H,18,20). The van der Waals surface area contributed by atoms with Gasteiger partial charge in [0.05, 0.1) is 12.0 Å². The summed E-state index contributed by atoms with van der Waals surface area (Å²) in [7, 11) is 1.62. The molecule has 0 bridgehead atoms. The summed E-state index contributed by atoms with van der Waals surface area (Å²) in [6.07, 6.45) is 0.440. The summed E-state index contributed by atoms with van der Waals surface area (Å²) in [4.78, 5) is 25.1. The second-order valence-electron chi connectivity index (χ2n) is 4.72. The number of amides is 2. The smallest absolute Gasteiger partial charge is 0.240 e. The van der Waals surface area contributed by atoms with Crippen molar-refractivity contribution in [1.82, 2.24) is 5.23 Å². The molecule has 0 aromatic heterocycles. The number of anilines is 1. The van der Waals surface area contributed by atoms with Gasteiger partial charge < -0.3 is 10.5 Å². The van der Waals surface area contributed by atoms with Crippen molar-refractivity contribution < 1.29 is 9.59 Å². The third-order valence-corrected chi connectivity index (χ3v) is 4.36. The molecule has 1 aliphatic rings. The topological polar surface area (TPSA) is 58.2 Å². The van der Waals surface area contributed by atoms with Crippen LogP contribution in [-0.4, -0.2) is 19.8 Å². The van der Waals surface area contributed by atoms with Crippen LogP contribution in [-0.2, 0) is 11.2 Å². The van der Waals surface area contributed by atoms with Gasteiger partial charge in [-0.25, -0.2) is 0 Å². The fourth-order valence-corrected chi connectivity index (χ4v) is 3.25. The second kappa shape index (κ2) is 5.65. The fourth-order valence-electron chi connectivity index (χ4n) is 2.26. The molecule has 2 aromatic carbocycles. The molecular formula is C15H13BN2O2S. The van der Waals surface area contributed by atoms with Crippen LogP contribution in [0.4, 0.5) is 5.69 Å². The molecule has 0 unspecified atom stereocenters. The number of carbonyl (C=O) groups excluding carboxylic acids is 2. The van der Waals surface area contributed by atoms with E-state index in [9.17, 15) is 9.59 Å². The third-order valence-electron chi connectivity index (χ3n) is 3.29. The van der Waals surface area contributed by atoms with Gasteiger partial charge in [0.2, 0.25) is 19.8 Å². The van der Waals surface area contributed by atoms with Crippen LogP contribution in [0.5, 0.6) is 0 Å². The van der Waals surface area contributed by atoms with Gasteiger partial charge in [-0.1, -0.05) is 30.0 Å². The van der Waals surface area contributed by atoms with E-state index in [2.05, 4.69) is 10.5 Å². The van der Waals surface area contributed by atoms with Gasteiger partial charge in [0.25, 0.3) is 0 Å². The lowest BCUT2D eigenvalue weighted by atomic mass is 10.2. The van der Waals surface area contributed by atoms with Crippen molar-refractivity contribution in [2.75, 3.05) is 5.32 Å². The first-order valence-electron chi connectivity index (χ1n) is 6.59. The molecule has 2 N–H and O–H groups in total. The number of hydrogen-bond acceptors (Lipinski definition) is 3. The Balaban J connectivity index is 1.90. The number of carbonyl (C=O) groups is 2. The molecule has 3 rings (SSSR count). The van der Waals surface area contributed by atoms with E-state index < -0.39 is 0 Å². The highest BCUT2D eigenvalue weighted by molar-refractivity contribution is 7.99. The van der Waals surface area contributed by atoms with Crippen molar-refractivity contribution >= 4 is 37.2 Å². The highest BCUT2D eigenvalue weighted by atomic mass is 32.2. The highest BCUT2D eigenvalue weighted by Crippen LogP contribution is 2.34. The Morgan fingerprint density at radius 2 is 2.05 bits per heavy atom. The van der Waals surface area contributed by atoms with Crippen molar-refractivity contribution in [3.63, 3.8) is 0 Å². The van der Waals surface area contributed by atoms with Crippen molar-refractivity contribution in [2.45, 2.75) is 16.2 Å². The summed E-state index contributed by atoms with van der Waals surface area (Å²) in [6.45, 7) is 0. The van der Waals surface area contributed by atoms with Crippen LogP contribution in [0.1, 0.15) is 15.9 Å². The van der Waals surface area contributed by atoms with Gasteiger partial charge >= 0.3 is 0 Å². The largest absolute Gasteiger partial charge is 0.402 e. The number of hydrogen-bond donors (Lipinski definition) is 2. The molecule has 0 atom stereocenters. The van der Waals surface area contributed by atoms with Gasteiger partial charge in [-0.05, 0) is 29.8 Å². The maximum absolute atomic E-state index is 11.9. The summed E-state index contributed by atoms with van der Waals surface area (Å²) >= 11 is 1.51. The van der Waals surface area contributed by atoms with Crippen molar-refractivity contribution in [1.29, 1.82) is 0 Å². The lowest BCUT2D eigenvalue weighted by Gasteiger charge is -2.09. The third kappa shape index (κ3) is 2.80. The zero-order valence-electron chi connectivity index (χ0n) is 11.5. The molecule has 1 heterocycles. The number of benzene rings is 2. The summed E-state index contributed by atoms with van der Waals surface area (Å²) in [5, 5.41) is 5.49. The molecule has 4 nitrogen and oxygen atoms in total. The van der Waals surface area contributed by atoms with Gasteiger partial charge in [0, 0.05) is 15.5 Å². The van der Waals surface area contributed by atoms with E-state index in [-0.39, 0.29) is 11.8 Å². The molecule has 2 aromatic rings. The zero-order chi connectivity index (χ0) is 14.8. The van der Waals surface area contributed by atoms with E-state index in [1.807, 2.05) is 36.4 Å². The molecule has 0 spiro atoms. The molecule has 0 radical (unpaired) electrons. The molecule has 2 amide bonds. The Morgan fingerprint density at radius 1 is 1.24 bits per heavy atom. The normalized spacial score (nSPS) is 12.7. The van der Waals surface area contributed by atoms with Gasteiger partial charge in [0.15, 0.2) is 0 Å². The lowest BCUT2D eigenvalue weighted by molar-refractivity contribution is -0.115. The van der Waals surface area contributed by atoms with E-state index in [1.54, 1.807) is 14.0 Å². The summed E-state index contributed by atoms with van der Waals surface area (Å²) in [5.74, 6) is -0.0783. The first-order chi connectivity index (χ1) is 10.2. The minimum Gasteiger partial charge on any atom is -0.402 e. The molecule has 0 saturated heterocycles. The monoisotopic (exact) mass is 296 g/mol. The minimum absolute atomic E-state index is 0.0258. The van der Waals surface area contributed by atoms with Crippen molar-refractivity contribution in [3.05, 3.63) is 53.6 Å². The predicted molar refractivity (Wildman–Crippen MR) is 85.4 cm³/mol. The summed E-state index contributed by atoms with van der Waals surface area (Å²) < 4.78 is 0.